The third-order valence-electron chi connectivity index (χ3n) is 5.16. The first-order chi connectivity index (χ1) is 12.3. The van der Waals surface area contributed by atoms with Crippen molar-refractivity contribution >= 4 is 16.7 Å². The number of hydrogen-bond donors (Lipinski definition) is 1. The summed E-state index contributed by atoms with van der Waals surface area (Å²) in [6, 6.07) is 16.8. The largest absolute Gasteiger partial charge is 0.373 e. The van der Waals surface area contributed by atoms with Gasteiger partial charge < -0.3 is 14.8 Å². The molecule has 0 atom stereocenters. The zero-order valence-corrected chi connectivity index (χ0v) is 14.9. The number of nitrogens with zero attached hydrogens (tertiary/aromatic N) is 3. The topological polar surface area (TPSA) is 35.2 Å². The number of hydrogen-bond acceptors (Lipinski definition) is 3. The van der Waals surface area contributed by atoms with E-state index in [4.69, 9.17) is 4.98 Å². The minimum absolute atomic E-state index is 0.946. The van der Waals surface area contributed by atoms with E-state index >= 15 is 0 Å². The first-order valence-electron chi connectivity index (χ1n) is 9.29. The Morgan fingerprint density at radius 3 is 2.60 bits per heavy atom. The number of likely N-dealkylation sites (tertiary alicyclic amines) is 1. The van der Waals surface area contributed by atoms with E-state index < -0.39 is 0 Å². The SMILES string of the molecule is CN(CCN1CCCCC1)c1ccccc1-c1nc2ccccc2[nH]1. The van der Waals surface area contributed by atoms with Gasteiger partial charge in [0.2, 0.25) is 0 Å². The lowest BCUT2D eigenvalue weighted by atomic mass is 10.1. The van der Waals surface area contributed by atoms with Gasteiger partial charge in [0.1, 0.15) is 5.82 Å². The van der Waals surface area contributed by atoms with Crippen LogP contribution in [0.3, 0.4) is 0 Å². The molecule has 1 aliphatic rings. The molecule has 4 nitrogen and oxygen atoms in total. The van der Waals surface area contributed by atoms with Crippen LogP contribution in [0.5, 0.6) is 0 Å². The predicted molar refractivity (Wildman–Crippen MR) is 105 cm³/mol. The van der Waals surface area contributed by atoms with Gasteiger partial charge in [-0.3, -0.25) is 0 Å². The van der Waals surface area contributed by atoms with Crippen molar-refractivity contribution < 1.29 is 0 Å². The van der Waals surface area contributed by atoms with E-state index in [0.29, 0.717) is 0 Å². The maximum atomic E-state index is 4.78. The maximum Gasteiger partial charge on any atom is 0.140 e. The van der Waals surface area contributed by atoms with E-state index in [2.05, 4.69) is 58.2 Å². The van der Waals surface area contributed by atoms with E-state index in [1.165, 1.54) is 43.6 Å². The van der Waals surface area contributed by atoms with Crippen molar-refractivity contribution in [2.24, 2.45) is 0 Å². The second kappa shape index (κ2) is 7.28. The number of imidazole rings is 1. The number of fused-ring (bicyclic) bond motifs is 1. The van der Waals surface area contributed by atoms with E-state index in [0.717, 1.165) is 29.9 Å². The van der Waals surface area contributed by atoms with Gasteiger partial charge >= 0.3 is 0 Å². The van der Waals surface area contributed by atoms with Crippen molar-refractivity contribution in [3.8, 4) is 11.4 Å². The second-order valence-corrected chi connectivity index (χ2v) is 6.94. The van der Waals surface area contributed by atoms with Crippen molar-refractivity contribution in [2.45, 2.75) is 19.3 Å². The fourth-order valence-corrected chi connectivity index (χ4v) is 3.68. The summed E-state index contributed by atoms with van der Waals surface area (Å²) in [4.78, 5) is 13.2. The highest BCUT2D eigenvalue weighted by molar-refractivity contribution is 5.83. The molecule has 2 aromatic carbocycles. The van der Waals surface area contributed by atoms with Crippen molar-refractivity contribution in [3.63, 3.8) is 0 Å². The van der Waals surface area contributed by atoms with E-state index in [1.54, 1.807) is 0 Å². The molecule has 1 aromatic heterocycles. The zero-order chi connectivity index (χ0) is 17.1. The van der Waals surface area contributed by atoms with Crippen LogP contribution in [0, 0.1) is 0 Å². The summed E-state index contributed by atoms with van der Waals surface area (Å²) in [5, 5.41) is 0. The number of rotatable bonds is 5. The highest BCUT2D eigenvalue weighted by Gasteiger charge is 2.14. The van der Waals surface area contributed by atoms with Crippen LogP contribution in [0.25, 0.3) is 22.4 Å². The molecule has 0 amide bonds. The summed E-state index contributed by atoms with van der Waals surface area (Å²) in [5.74, 6) is 0.946. The number of aromatic nitrogens is 2. The summed E-state index contributed by atoms with van der Waals surface area (Å²) in [6.45, 7) is 4.67. The van der Waals surface area contributed by atoms with Gasteiger partial charge in [-0.25, -0.2) is 4.98 Å². The molecule has 0 bridgehead atoms. The average Bonchev–Trinajstić information content (AvgIpc) is 3.11. The van der Waals surface area contributed by atoms with Gasteiger partial charge in [-0.2, -0.15) is 0 Å². The summed E-state index contributed by atoms with van der Waals surface area (Å²) in [5.41, 5.74) is 4.50. The molecular weight excluding hydrogens is 308 g/mol. The first-order valence-corrected chi connectivity index (χ1v) is 9.29. The lowest BCUT2D eigenvalue weighted by Crippen LogP contribution is -2.36. The molecular formula is C21H26N4. The molecule has 130 valence electrons. The molecule has 1 N–H and O–H groups in total. The molecule has 4 heteroatoms. The minimum atomic E-state index is 0.946. The third kappa shape index (κ3) is 3.54. The third-order valence-corrected chi connectivity index (χ3v) is 5.16. The molecule has 3 aromatic rings. The zero-order valence-electron chi connectivity index (χ0n) is 14.9. The first kappa shape index (κ1) is 16.2. The number of piperidine rings is 1. The number of aromatic amines is 1. The van der Waals surface area contributed by atoms with Crippen molar-refractivity contribution in [1.82, 2.24) is 14.9 Å². The number of nitrogens with one attached hydrogen (secondary N) is 1. The summed E-state index contributed by atoms with van der Waals surface area (Å²) >= 11 is 0. The quantitative estimate of drug-likeness (QED) is 0.761. The molecule has 0 aliphatic carbocycles. The number of anilines is 1. The Hall–Kier alpha value is -2.33. The molecule has 4 rings (SSSR count). The van der Waals surface area contributed by atoms with Crippen LogP contribution in [0.15, 0.2) is 48.5 Å². The Bertz CT molecular complexity index is 800. The highest BCUT2D eigenvalue weighted by Crippen LogP contribution is 2.29. The number of H-pyrrole nitrogens is 1. The van der Waals surface area contributed by atoms with Gasteiger partial charge in [-0.1, -0.05) is 30.7 Å². The molecule has 0 spiro atoms. The van der Waals surface area contributed by atoms with Crippen LogP contribution in [-0.4, -0.2) is 48.1 Å². The van der Waals surface area contributed by atoms with Gasteiger partial charge in [-0.15, -0.1) is 0 Å². The van der Waals surface area contributed by atoms with Gasteiger partial charge in [0.05, 0.1) is 11.0 Å². The van der Waals surface area contributed by atoms with Crippen LogP contribution in [0.2, 0.25) is 0 Å². The minimum Gasteiger partial charge on any atom is -0.373 e. The average molecular weight is 334 g/mol. The van der Waals surface area contributed by atoms with Crippen LogP contribution in [0.1, 0.15) is 19.3 Å². The fraction of sp³-hybridized carbons (Fsp3) is 0.381. The standard InChI is InChI=1S/C21H26N4/c1-24(15-16-25-13-7-2-8-14-25)20-12-6-3-9-17(20)21-22-18-10-4-5-11-19(18)23-21/h3-6,9-12H,2,7-8,13-16H2,1H3,(H,22,23). The molecule has 0 unspecified atom stereocenters. The molecule has 1 aliphatic heterocycles. The number of para-hydroxylation sites is 3. The predicted octanol–water partition coefficient (Wildman–Crippen LogP) is 4.15. The van der Waals surface area contributed by atoms with Gasteiger partial charge in [0.25, 0.3) is 0 Å². The lowest BCUT2D eigenvalue weighted by Gasteiger charge is -2.29. The Kier molecular flexibility index (Phi) is 4.70. The molecule has 0 radical (unpaired) electrons. The van der Waals surface area contributed by atoms with Gasteiger partial charge in [0.15, 0.2) is 0 Å². The van der Waals surface area contributed by atoms with Crippen molar-refractivity contribution in [3.05, 3.63) is 48.5 Å². The van der Waals surface area contributed by atoms with Crippen molar-refractivity contribution in [2.75, 3.05) is 38.1 Å². The Balaban J connectivity index is 1.55. The molecule has 1 fully saturated rings. The lowest BCUT2D eigenvalue weighted by molar-refractivity contribution is 0.234. The van der Waals surface area contributed by atoms with Gasteiger partial charge in [-0.05, 0) is 50.2 Å². The van der Waals surface area contributed by atoms with E-state index in [-0.39, 0.29) is 0 Å². The maximum absolute atomic E-state index is 4.78. The number of likely N-dealkylation sites (N-methyl/N-ethyl adjacent to an activating group) is 1. The fourth-order valence-electron chi connectivity index (χ4n) is 3.68. The summed E-state index contributed by atoms with van der Waals surface area (Å²) < 4.78 is 0. The second-order valence-electron chi connectivity index (χ2n) is 6.94. The summed E-state index contributed by atoms with van der Waals surface area (Å²) in [6.07, 6.45) is 4.08. The van der Waals surface area contributed by atoms with Gasteiger partial charge in [0, 0.05) is 31.4 Å². The molecule has 1 saturated heterocycles. The van der Waals surface area contributed by atoms with E-state index in [1.807, 2.05) is 12.1 Å². The summed E-state index contributed by atoms with van der Waals surface area (Å²) in [7, 11) is 2.19. The monoisotopic (exact) mass is 334 g/mol. The normalized spacial score (nSPS) is 15.6. The Morgan fingerprint density at radius 2 is 1.76 bits per heavy atom. The molecule has 2 heterocycles. The molecule has 0 saturated carbocycles. The van der Waals surface area contributed by atoms with Crippen LogP contribution in [-0.2, 0) is 0 Å². The van der Waals surface area contributed by atoms with Crippen LogP contribution < -0.4 is 4.90 Å². The number of benzene rings is 2. The van der Waals surface area contributed by atoms with Crippen LogP contribution in [0.4, 0.5) is 5.69 Å². The highest BCUT2D eigenvalue weighted by atomic mass is 15.2. The van der Waals surface area contributed by atoms with E-state index in [9.17, 15) is 0 Å². The Morgan fingerprint density at radius 1 is 1.00 bits per heavy atom. The molecule has 25 heavy (non-hydrogen) atoms. The van der Waals surface area contributed by atoms with Crippen LogP contribution >= 0.6 is 0 Å². The van der Waals surface area contributed by atoms with Crippen molar-refractivity contribution in [1.29, 1.82) is 0 Å². The Labute approximate surface area is 149 Å². The smallest absolute Gasteiger partial charge is 0.140 e.